The van der Waals surface area contributed by atoms with Crippen molar-refractivity contribution in [3.8, 4) is 16.9 Å². The summed E-state index contributed by atoms with van der Waals surface area (Å²) in [5.74, 6) is 0.0948. The van der Waals surface area contributed by atoms with Gasteiger partial charge in [0.2, 0.25) is 0 Å². The molecule has 4 heteroatoms. The van der Waals surface area contributed by atoms with Crippen LogP contribution in [0.15, 0.2) is 48.9 Å². The van der Waals surface area contributed by atoms with E-state index in [1.165, 1.54) is 6.07 Å². The lowest BCUT2D eigenvalue weighted by atomic mass is 10.0. The smallest absolute Gasteiger partial charge is 0.151 e. The first-order valence-corrected chi connectivity index (χ1v) is 7.37. The van der Waals surface area contributed by atoms with Crippen molar-refractivity contribution in [2.24, 2.45) is 0 Å². The Morgan fingerprint density at radius 1 is 1.23 bits per heavy atom. The van der Waals surface area contributed by atoms with E-state index in [9.17, 15) is 9.18 Å². The molecule has 0 amide bonds. The molecule has 1 saturated carbocycles. The number of aldehydes is 1. The molecule has 0 aliphatic heterocycles. The molecule has 2 aromatic heterocycles. The van der Waals surface area contributed by atoms with Gasteiger partial charge in [-0.05, 0) is 54.7 Å². The van der Waals surface area contributed by atoms with Gasteiger partial charge in [0.05, 0.1) is 5.69 Å². The van der Waals surface area contributed by atoms with Gasteiger partial charge >= 0.3 is 0 Å². The highest BCUT2D eigenvalue weighted by atomic mass is 19.1. The predicted molar refractivity (Wildman–Crippen MR) is 82.9 cm³/mol. The maximum atomic E-state index is 14.6. The minimum Gasteiger partial charge on any atom is -0.360 e. The lowest BCUT2D eigenvalue weighted by Gasteiger charge is -2.09. The van der Waals surface area contributed by atoms with Crippen molar-refractivity contribution in [2.75, 3.05) is 0 Å². The Balaban J connectivity index is 1.80. The summed E-state index contributed by atoms with van der Waals surface area (Å²) < 4.78 is 16.4. The quantitative estimate of drug-likeness (QED) is 0.716. The van der Waals surface area contributed by atoms with E-state index in [0.717, 1.165) is 36.1 Å². The average molecular weight is 294 g/mol. The Kier molecular flexibility index (Phi) is 2.96. The molecule has 1 N–H and O–H groups in total. The van der Waals surface area contributed by atoms with Crippen molar-refractivity contribution in [3.63, 3.8) is 0 Å². The van der Waals surface area contributed by atoms with Crippen molar-refractivity contribution < 1.29 is 9.18 Å². The number of nitrogens with zero attached hydrogens (tertiary/aromatic N) is 1. The zero-order valence-electron chi connectivity index (χ0n) is 11.9. The third kappa shape index (κ3) is 2.08. The highest BCUT2D eigenvalue weighted by molar-refractivity contribution is 5.83. The fraction of sp³-hybridized carbons (Fsp3) is 0.167. The second-order valence-electron chi connectivity index (χ2n) is 5.68. The van der Waals surface area contributed by atoms with E-state index >= 15 is 0 Å². The maximum absolute atomic E-state index is 14.6. The number of halogens is 1. The lowest BCUT2D eigenvalue weighted by molar-refractivity contribution is 0.112. The van der Waals surface area contributed by atoms with Crippen molar-refractivity contribution in [1.29, 1.82) is 0 Å². The number of aromatic nitrogens is 2. The molecule has 22 heavy (non-hydrogen) atoms. The van der Waals surface area contributed by atoms with E-state index in [4.69, 9.17) is 0 Å². The monoisotopic (exact) mass is 294 g/mol. The van der Waals surface area contributed by atoms with Gasteiger partial charge in [-0.1, -0.05) is 0 Å². The van der Waals surface area contributed by atoms with Crippen LogP contribution in [-0.2, 0) is 0 Å². The van der Waals surface area contributed by atoms with Gasteiger partial charge in [-0.2, -0.15) is 0 Å². The number of hydrogen-bond donors (Lipinski definition) is 1. The van der Waals surface area contributed by atoms with Crippen LogP contribution in [-0.4, -0.2) is 15.8 Å². The Morgan fingerprint density at radius 3 is 2.64 bits per heavy atom. The van der Waals surface area contributed by atoms with Crippen molar-refractivity contribution >= 4 is 6.29 Å². The normalized spacial score (nSPS) is 14.2. The largest absolute Gasteiger partial charge is 0.360 e. The van der Waals surface area contributed by atoms with Gasteiger partial charge < -0.3 is 9.55 Å². The summed E-state index contributed by atoms with van der Waals surface area (Å²) in [6, 6.07) is 8.98. The zero-order valence-corrected chi connectivity index (χ0v) is 11.9. The van der Waals surface area contributed by atoms with Crippen LogP contribution >= 0.6 is 0 Å². The van der Waals surface area contributed by atoms with Gasteiger partial charge in [-0.3, -0.25) is 4.79 Å². The molecule has 1 aliphatic carbocycles. The van der Waals surface area contributed by atoms with Crippen molar-refractivity contribution in [2.45, 2.75) is 18.8 Å². The summed E-state index contributed by atoms with van der Waals surface area (Å²) >= 11 is 0. The molecule has 0 atom stereocenters. The second kappa shape index (κ2) is 4.98. The molecule has 2 heterocycles. The maximum Gasteiger partial charge on any atom is 0.151 e. The van der Waals surface area contributed by atoms with Gasteiger partial charge in [0.1, 0.15) is 5.82 Å². The standard InChI is InChI=1S/C18H15FN2O/c19-16-9-14(21-7-1-2-8-21)5-6-15(16)18-17(12-3-4-12)13(11-22)10-20-18/h1-2,5-12,20H,3-4H2. The lowest BCUT2D eigenvalue weighted by Crippen LogP contribution is -1.95. The van der Waals surface area contributed by atoms with E-state index < -0.39 is 0 Å². The van der Waals surface area contributed by atoms with E-state index in [2.05, 4.69) is 4.98 Å². The number of H-pyrrole nitrogens is 1. The van der Waals surface area contributed by atoms with Gasteiger partial charge in [-0.25, -0.2) is 4.39 Å². The van der Waals surface area contributed by atoms with Gasteiger partial charge in [0.25, 0.3) is 0 Å². The molecule has 0 bridgehead atoms. The van der Waals surface area contributed by atoms with E-state index in [1.807, 2.05) is 35.2 Å². The van der Waals surface area contributed by atoms with Crippen molar-refractivity contribution in [1.82, 2.24) is 9.55 Å². The molecule has 1 aromatic carbocycles. The van der Waals surface area contributed by atoms with Gasteiger partial charge in [0.15, 0.2) is 6.29 Å². The molecule has 0 unspecified atom stereocenters. The molecule has 110 valence electrons. The Morgan fingerprint density at radius 2 is 2.00 bits per heavy atom. The van der Waals surface area contributed by atoms with Gasteiger partial charge in [-0.15, -0.1) is 0 Å². The Labute approximate surface area is 127 Å². The minimum absolute atomic E-state index is 0.285. The molecule has 1 fully saturated rings. The molecular formula is C18H15FN2O. The number of nitrogens with one attached hydrogen (secondary N) is 1. The minimum atomic E-state index is -0.285. The van der Waals surface area contributed by atoms with Crippen LogP contribution in [0.2, 0.25) is 0 Å². The topological polar surface area (TPSA) is 37.8 Å². The number of carbonyl (C=O) groups excluding carboxylic acids is 1. The molecule has 0 saturated heterocycles. The number of rotatable bonds is 4. The number of aromatic amines is 1. The highest BCUT2D eigenvalue weighted by Gasteiger charge is 2.30. The third-order valence-electron chi connectivity index (χ3n) is 4.19. The molecule has 3 aromatic rings. The molecular weight excluding hydrogens is 279 g/mol. The first kappa shape index (κ1) is 13.1. The average Bonchev–Trinajstić information content (AvgIpc) is 3.06. The molecule has 4 rings (SSSR count). The predicted octanol–water partition coefficient (Wildman–Crippen LogP) is 4.30. The fourth-order valence-corrected chi connectivity index (χ4v) is 2.96. The Hall–Kier alpha value is -2.62. The number of hydrogen-bond acceptors (Lipinski definition) is 1. The molecule has 1 aliphatic rings. The van der Waals surface area contributed by atoms with Crippen LogP contribution in [0, 0.1) is 5.82 Å². The summed E-state index contributed by atoms with van der Waals surface area (Å²) in [4.78, 5) is 14.3. The summed E-state index contributed by atoms with van der Waals surface area (Å²) in [6.45, 7) is 0. The third-order valence-corrected chi connectivity index (χ3v) is 4.19. The highest BCUT2D eigenvalue weighted by Crippen LogP contribution is 2.46. The van der Waals surface area contributed by atoms with Crippen LogP contribution < -0.4 is 0 Å². The molecule has 0 radical (unpaired) electrons. The first-order chi connectivity index (χ1) is 10.8. The Bertz CT molecular complexity index is 829. The van der Waals surface area contributed by atoms with Gasteiger partial charge in [0, 0.05) is 35.4 Å². The first-order valence-electron chi connectivity index (χ1n) is 7.37. The second-order valence-corrected chi connectivity index (χ2v) is 5.68. The summed E-state index contributed by atoms with van der Waals surface area (Å²) in [5.41, 5.74) is 3.64. The molecule has 0 spiro atoms. The zero-order chi connectivity index (χ0) is 15.1. The number of carbonyl (C=O) groups is 1. The van der Waals surface area contributed by atoms with Crippen LogP contribution in [0.3, 0.4) is 0 Å². The fourth-order valence-electron chi connectivity index (χ4n) is 2.96. The van der Waals surface area contributed by atoms with Crippen LogP contribution in [0.5, 0.6) is 0 Å². The summed E-state index contributed by atoms with van der Waals surface area (Å²) in [5, 5.41) is 0. The van der Waals surface area contributed by atoms with Crippen LogP contribution in [0.25, 0.3) is 16.9 Å². The van der Waals surface area contributed by atoms with E-state index in [0.29, 0.717) is 17.0 Å². The van der Waals surface area contributed by atoms with Crippen molar-refractivity contribution in [3.05, 3.63) is 65.9 Å². The van der Waals surface area contributed by atoms with Crippen LogP contribution in [0.1, 0.15) is 34.7 Å². The van der Waals surface area contributed by atoms with E-state index in [-0.39, 0.29) is 5.82 Å². The van der Waals surface area contributed by atoms with Crippen LogP contribution in [0.4, 0.5) is 4.39 Å². The molecule has 3 nitrogen and oxygen atoms in total. The summed E-state index contributed by atoms with van der Waals surface area (Å²) in [7, 11) is 0. The van der Waals surface area contributed by atoms with E-state index in [1.54, 1.807) is 12.3 Å². The summed E-state index contributed by atoms with van der Waals surface area (Å²) in [6.07, 6.45) is 8.41. The SMILES string of the molecule is O=Cc1c[nH]c(-c2ccc(-n3cccc3)cc2F)c1C1CC1. The number of benzene rings is 1.